The highest BCUT2D eigenvalue weighted by Crippen LogP contribution is 2.06. The van der Waals surface area contributed by atoms with Crippen LogP contribution in [-0.4, -0.2) is 5.11 Å². The van der Waals surface area contributed by atoms with E-state index in [0.29, 0.717) is 5.76 Å². The molecule has 9 heavy (non-hydrogen) atoms. The zero-order valence-corrected chi connectivity index (χ0v) is 5.51. The summed E-state index contributed by atoms with van der Waals surface area (Å²) in [4.78, 5) is 0. The van der Waals surface area contributed by atoms with Crippen LogP contribution < -0.4 is 0 Å². The van der Waals surface area contributed by atoms with Crippen molar-refractivity contribution in [2.24, 2.45) is 0 Å². The van der Waals surface area contributed by atoms with Crippen molar-refractivity contribution < 1.29 is 5.11 Å². The third-order valence-electron chi connectivity index (χ3n) is 0.992. The van der Waals surface area contributed by atoms with Gasteiger partial charge in [0.2, 0.25) is 0 Å². The van der Waals surface area contributed by atoms with Gasteiger partial charge in [-0.05, 0) is 12.5 Å². The van der Waals surface area contributed by atoms with Crippen LogP contribution >= 0.6 is 0 Å². The van der Waals surface area contributed by atoms with Crippen molar-refractivity contribution in [2.75, 3.05) is 0 Å². The molecule has 0 spiro atoms. The van der Waals surface area contributed by atoms with Crippen molar-refractivity contribution in [3.63, 3.8) is 0 Å². The van der Waals surface area contributed by atoms with Crippen LogP contribution in [0.3, 0.4) is 0 Å². The van der Waals surface area contributed by atoms with Crippen molar-refractivity contribution in [1.29, 1.82) is 0 Å². The zero-order chi connectivity index (χ0) is 7.11. The van der Waals surface area contributed by atoms with E-state index in [2.05, 4.69) is 13.2 Å². The van der Waals surface area contributed by atoms with Crippen molar-refractivity contribution in [2.45, 2.75) is 12.8 Å². The molecule has 0 atom stereocenters. The van der Waals surface area contributed by atoms with Gasteiger partial charge < -0.3 is 5.11 Å². The summed E-state index contributed by atoms with van der Waals surface area (Å²) < 4.78 is 0. The summed E-state index contributed by atoms with van der Waals surface area (Å²) in [5.41, 5.74) is 0. The Morgan fingerprint density at radius 2 is 2.11 bits per heavy atom. The number of hydrogen-bond donors (Lipinski definition) is 1. The average Bonchev–Trinajstić information content (AvgIpc) is 1.94. The Morgan fingerprint density at radius 1 is 1.44 bits per heavy atom. The standard InChI is InChI=1S/C6H8O.C2H4/c7-6-4-2-1-3-5-6;1-2/h1-2,4,7H,3,5H2;1-2H2. The molecule has 0 heterocycles. The van der Waals surface area contributed by atoms with Crippen LogP contribution in [-0.2, 0) is 0 Å². The maximum Gasteiger partial charge on any atom is 0.0925 e. The van der Waals surface area contributed by atoms with E-state index in [0.717, 1.165) is 12.8 Å². The smallest absolute Gasteiger partial charge is 0.0925 e. The molecule has 1 aliphatic carbocycles. The Hall–Kier alpha value is -0.980. The van der Waals surface area contributed by atoms with Gasteiger partial charge in [-0.25, -0.2) is 0 Å². The molecule has 0 bridgehead atoms. The highest BCUT2D eigenvalue weighted by atomic mass is 16.3. The van der Waals surface area contributed by atoms with Crippen LogP contribution in [0.15, 0.2) is 37.1 Å². The maximum atomic E-state index is 8.72. The van der Waals surface area contributed by atoms with Gasteiger partial charge in [-0.15, -0.1) is 13.2 Å². The lowest BCUT2D eigenvalue weighted by molar-refractivity contribution is 0.387. The molecule has 0 aliphatic heterocycles. The Bertz CT molecular complexity index is 123. The molecule has 50 valence electrons. The second-order valence-corrected chi connectivity index (χ2v) is 1.62. The highest BCUT2D eigenvalue weighted by Gasteiger charge is 1.91. The number of aliphatic hydroxyl groups is 1. The molecule has 0 aromatic rings. The van der Waals surface area contributed by atoms with Crippen LogP contribution in [0.5, 0.6) is 0 Å². The number of aliphatic hydroxyl groups excluding tert-OH is 1. The first-order valence-corrected chi connectivity index (χ1v) is 2.94. The topological polar surface area (TPSA) is 20.2 Å². The number of rotatable bonds is 0. The van der Waals surface area contributed by atoms with Crippen molar-refractivity contribution in [3.8, 4) is 0 Å². The van der Waals surface area contributed by atoms with E-state index in [1.54, 1.807) is 6.08 Å². The summed E-state index contributed by atoms with van der Waals surface area (Å²) in [6.45, 7) is 6.00. The molecule has 1 heteroatoms. The summed E-state index contributed by atoms with van der Waals surface area (Å²) in [5, 5.41) is 8.72. The van der Waals surface area contributed by atoms with Gasteiger partial charge in [0.25, 0.3) is 0 Å². The maximum absolute atomic E-state index is 8.72. The Kier molecular flexibility index (Phi) is 4.60. The normalized spacial score (nSPS) is 15.3. The minimum Gasteiger partial charge on any atom is -0.512 e. The Balaban J connectivity index is 0.000000291. The molecule has 1 rings (SSSR count). The van der Waals surface area contributed by atoms with Gasteiger partial charge in [-0.3, -0.25) is 0 Å². The summed E-state index contributed by atoms with van der Waals surface area (Å²) in [7, 11) is 0. The minimum absolute atomic E-state index is 0.502. The second kappa shape index (κ2) is 5.16. The van der Waals surface area contributed by atoms with E-state index in [1.165, 1.54) is 0 Å². The third kappa shape index (κ3) is 3.59. The van der Waals surface area contributed by atoms with Gasteiger partial charge in [-0.2, -0.15) is 0 Å². The van der Waals surface area contributed by atoms with E-state index in [1.807, 2.05) is 12.2 Å². The van der Waals surface area contributed by atoms with Gasteiger partial charge in [-0.1, -0.05) is 12.2 Å². The molecule has 0 radical (unpaired) electrons. The molecule has 0 aromatic carbocycles. The molecule has 0 aromatic heterocycles. The summed E-state index contributed by atoms with van der Waals surface area (Å²) >= 11 is 0. The summed E-state index contributed by atoms with van der Waals surface area (Å²) in [6.07, 6.45) is 7.45. The molecule has 0 saturated carbocycles. The van der Waals surface area contributed by atoms with Gasteiger partial charge in [0.1, 0.15) is 0 Å². The second-order valence-electron chi connectivity index (χ2n) is 1.62. The van der Waals surface area contributed by atoms with Crippen LogP contribution in [0.25, 0.3) is 0 Å². The first-order chi connectivity index (χ1) is 4.39. The molecule has 0 unspecified atom stereocenters. The third-order valence-corrected chi connectivity index (χ3v) is 0.992. The molecule has 0 saturated heterocycles. The number of allylic oxidation sites excluding steroid dienone is 4. The molecular weight excluding hydrogens is 112 g/mol. The van der Waals surface area contributed by atoms with Crippen LogP contribution in [0.1, 0.15) is 12.8 Å². The molecule has 1 nitrogen and oxygen atoms in total. The van der Waals surface area contributed by atoms with E-state index < -0.39 is 0 Å². The molecule has 0 amide bonds. The van der Waals surface area contributed by atoms with Crippen LogP contribution in [0.2, 0.25) is 0 Å². The Labute approximate surface area is 56.0 Å². The van der Waals surface area contributed by atoms with Gasteiger partial charge in [0.15, 0.2) is 0 Å². The largest absolute Gasteiger partial charge is 0.512 e. The zero-order valence-electron chi connectivity index (χ0n) is 5.51. The average molecular weight is 124 g/mol. The fourth-order valence-electron chi connectivity index (χ4n) is 0.590. The summed E-state index contributed by atoms with van der Waals surface area (Å²) in [5.74, 6) is 0.502. The van der Waals surface area contributed by atoms with E-state index in [-0.39, 0.29) is 0 Å². The molecule has 1 N–H and O–H groups in total. The molecular formula is C8H12O. The fraction of sp³-hybridized carbons (Fsp3) is 0.250. The van der Waals surface area contributed by atoms with Crippen molar-refractivity contribution in [3.05, 3.63) is 37.1 Å². The van der Waals surface area contributed by atoms with E-state index >= 15 is 0 Å². The van der Waals surface area contributed by atoms with E-state index in [4.69, 9.17) is 5.11 Å². The van der Waals surface area contributed by atoms with Gasteiger partial charge in [0.05, 0.1) is 5.76 Å². The lowest BCUT2D eigenvalue weighted by Crippen LogP contribution is -1.82. The monoisotopic (exact) mass is 124 g/mol. The Morgan fingerprint density at radius 3 is 2.33 bits per heavy atom. The van der Waals surface area contributed by atoms with Gasteiger partial charge in [0, 0.05) is 6.42 Å². The minimum atomic E-state index is 0.502. The van der Waals surface area contributed by atoms with Crippen LogP contribution in [0.4, 0.5) is 0 Å². The lowest BCUT2D eigenvalue weighted by Gasteiger charge is -1.97. The predicted octanol–water partition coefficient (Wildman–Crippen LogP) is 2.58. The number of hydrogen-bond acceptors (Lipinski definition) is 1. The first kappa shape index (κ1) is 8.02. The van der Waals surface area contributed by atoms with Crippen LogP contribution in [0, 0.1) is 0 Å². The molecule has 0 fully saturated rings. The predicted molar refractivity (Wildman–Crippen MR) is 40.3 cm³/mol. The lowest BCUT2D eigenvalue weighted by atomic mass is 10.2. The van der Waals surface area contributed by atoms with Gasteiger partial charge >= 0.3 is 0 Å². The van der Waals surface area contributed by atoms with E-state index in [9.17, 15) is 0 Å². The first-order valence-electron chi connectivity index (χ1n) is 2.94. The van der Waals surface area contributed by atoms with Crippen molar-refractivity contribution in [1.82, 2.24) is 0 Å². The molecule has 1 aliphatic rings. The highest BCUT2D eigenvalue weighted by molar-refractivity contribution is 5.11. The fourth-order valence-corrected chi connectivity index (χ4v) is 0.590. The SMILES string of the molecule is C=C.OC1=CC=CCC1. The summed E-state index contributed by atoms with van der Waals surface area (Å²) in [6, 6.07) is 0. The quantitative estimate of drug-likeness (QED) is 0.492. The van der Waals surface area contributed by atoms with Crippen molar-refractivity contribution >= 4 is 0 Å².